The average molecular weight is 357 g/mol. The third-order valence-electron chi connectivity index (χ3n) is 5.67. The second kappa shape index (κ2) is 6.70. The Kier molecular flexibility index (Phi) is 4.38. The Morgan fingerprint density at radius 1 is 1.04 bits per heavy atom. The highest BCUT2D eigenvalue weighted by atomic mass is 16.6. The standard InChI is InChI=1S/C19H23N3O4/c23-18(14-5-6-14)20-9-1-4-15(12-20)19(24)21-10-2-3-13-7-8-16(22(25)26)11-17(13)21/h7-8,11,14-15H,1-6,9-10,12H2/t15-/m0/s1. The molecule has 2 fully saturated rings. The molecule has 3 aliphatic rings. The molecule has 0 N–H and O–H groups in total. The Hall–Kier alpha value is -2.44. The van der Waals surface area contributed by atoms with Gasteiger partial charge in [0.1, 0.15) is 0 Å². The van der Waals surface area contributed by atoms with Crippen molar-refractivity contribution in [2.75, 3.05) is 24.5 Å². The van der Waals surface area contributed by atoms with Crippen LogP contribution in [0.1, 0.15) is 37.7 Å². The molecule has 2 heterocycles. The number of nitrogens with zero attached hydrogens (tertiary/aromatic N) is 3. The Morgan fingerprint density at radius 3 is 2.58 bits per heavy atom. The summed E-state index contributed by atoms with van der Waals surface area (Å²) in [6.07, 6.45) is 5.23. The minimum absolute atomic E-state index is 0.000236. The number of anilines is 1. The smallest absolute Gasteiger partial charge is 0.271 e. The number of carbonyl (C=O) groups is 2. The molecule has 1 saturated heterocycles. The van der Waals surface area contributed by atoms with Crippen molar-refractivity contribution in [1.29, 1.82) is 0 Å². The van der Waals surface area contributed by atoms with Gasteiger partial charge in [-0.3, -0.25) is 19.7 Å². The van der Waals surface area contributed by atoms with Crippen LogP contribution in [0.4, 0.5) is 11.4 Å². The molecule has 0 spiro atoms. The molecule has 1 aromatic carbocycles. The fourth-order valence-corrected chi connectivity index (χ4v) is 4.09. The molecule has 4 rings (SSSR count). The van der Waals surface area contributed by atoms with Crippen LogP contribution < -0.4 is 4.90 Å². The van der Waals surface area contributed by atoms with Gasteiger partial charge in [0.05, 0.1) is 16.5 Å². The van der Waals surface area contributed by atoms with Crippen LogP contribution in [0, 0.1) is 22.0 Å². The number of fused-ring (bicyclic) bond motifs is 1. The first-order chi connectivity index (χ1) is 12.5. The highest BCUT2D eigenvalue weighted by Crippen LogP contribution is 2.35. The van der Waals surface area contributed by atoms with Crippen LogP contribution in [-0.4, -0.2) is 41.3 Å². The summed E-state index contributed by atoms with van der Waals surface area (Å²) < 4.78 is 0. The largest absolute Gasteiger partial charge is 0.342 e. The van der Waals surface area contributed by atoms with E-state index in [0.29, 0.717) is 18.8 Å². The first kappa shape index (κ1) is 17.0. The van der Waals surface area contributed by atoms with E-state index >= 15 is 0 Å². The third-order valence-corrected chi connectivity index (χ3v) is 5.67. The highest BCUT2D eigenvalue weighted by Gasteiger charge is 2.38. The quantitative estimate of drug-likeness (QED) is 0.615. The zero-order valence-electron chi connectivity index (χ0n) is 14.7. The summed E-state index contributed by atoms with van der Waals surface area (Å²) in [6, 6.07) is 4.78. The second-order valence-electron chi connectivity index (χ2n) is 7.56. The van der Waals surface area contributed by atoms with Crippen LogP contribution in [-0.2, 0) is 16.0 Å². The summed E-state index contributed by atoms with van der Waals surface area (Å²) in [6.45, 7) is 1.80. The van der Waals surface area contributed by atoms with E-state index < -0.39 is 4.92 Å². The monoisotopic (exact) mass is 357 g/mol. The van der Waals surface area contributed by atoms with E-state index in [-0.39, 0.29) is 29.3 Å². The molecular weight excluding hydrogens is 334 g/mol. The van der Waals surface area contributed by atoms with Gasteiger partial charge < -0.3 is 9.80 Å². The van der Waals surface area contributed by atoms with E-state index in [4.69, 9.17) is 0 Å². The topological polar surface area (TPSA) is 83.8 Å². The number of amides is 2. The Bertz CT molecular complexity index is 759. The Balaban J connectivity index is 1.54. The zero-order chi connectivity index (χ0) is 18.3. The molecule has 7 heteroatoms. The lowest BCUT2D eigenvalue weighted by atomic mass is 9.93. The maximum Gasteiger partial charge on any atom is 0.271 e. The maximum absolute atomic E-state index is 13.2. The first-order valence-electron chi connectivity index (χ1n) is 9.42. The SMILES string of the molecule is O=C(C1CC1)N1CCC[C@H](C(=O)N2CCCc3ccc([N+](=O)[O-])cc32)C1. The van der Waals surface area contributed by atoms with Crippen molar-refractivity contribution >= 4 is 23.2 Å². The van der Waals surface area contributed by atoms with E-state index in [2.05, 4.69) is 0 Å². The van der Waals surface area contributed by atoms with E-state index in [9.17, 15) is 19.7 Å². The van der Waals surface area contributed by atoms with Crippen molar-refractivity contribution < 1.29 is 14.5 Å². The number of hydrogen-bond acceptors (Lipinski definition) is 4. The molecule has 2 aliphatic heterocycles. The maximum atomic E-state index is 13.2. The number of nitro groups is 1. The minimum atomic E-state index is -0.422. The molecule has 138 valence electrons. The summed E-state index contributed by atoms with van der Waals surface area (Å²) in [4.78, 5) is 39.8. The molecule has 0 unspecified atom stereocenters. The van der Waals surface area contributed by atoms with Gasteiger partial charge in [-0.05, 0) is 44.1 Å². The fraction of sp³-hybridized carbons (Fsp3) is 0.579. The number of nitro benzene ring substituents is 1. The number of hydrogen-bond donors (Lipinski definition) is 0. The molecule has 1 atom stereocenters. The predicted octanol–water partition coefficient (Wildman–Crippen LogP) is 2.52. The van der Waals surface area contributed by atoms with Gasteiger partial charge in [-0.1, -0.05) is 6.07 Å². The highest BCUT2D eigenvalue weighted by molar-refractivity contribution is 5.97. The van der Waals surface area contributed by atoms with E-state index in [0.717, 1.165) is 50.6 Å². The molecule has 26 heavy (non-hydrogen) atoms. The fourth-order valence-electron chi connectivity index (χ4n) is 4.09. The summed E-state index contributed by atoms with van der Waals surface area (Å²) in [7, 11) is 0. The van der Waals surface area contributed by atoms with Crippen LogP contribution in [0.2, 0.25) is 0 Å². The van der Waals surface area contributed by atoms with Gasteiger partial charge in [0.15, 0.2) is 0 Å². The molecule has 1 aliphatic carbocycles. The lowest BCUT2D eigenvalue weighted by Gasteiger charge is -2.37. The Labute approximate surface area is 152 Å². The summed E-state index contributed by atoms with van der Waals surface area (Å²) in [5, 5.41) is 11.1. The number of non-ortho nitro benzene ring substituents is 1. The third kappa shape index (κ3) is 3.18. The van der Waals surface area contributed by atoms with Crippen molar-refractivity contribution in [2.24, 2.45) is 11.8 Å². The van der Waals surface area contributed by atoms with Crippen LogP contribution in [0.25, 0.3) is 0 Å². The van der Waals surface area contributed by atoms with Crippen molar-refractivity contribution in [2.45, 2.75) is 38.5 Å². The van der Waals surface area contributed by atoms with Gasteiger partial charge in [-0.25, -0.2) is 0 Å². The number of carbonyl (C=O) groups excluding carboxylic acids is 2. The van der Waals surface area contributed by atoms with Gasteiger partial charge in [0.2, 0.25) is 11.8 Å². The summed E-state index contributed by atoms with van der Waals surface area (Å²) in [5.41, 5.74) is 1.66. The van der Waals surface area contributed by atoms with Gasteiger partial charge in [0, 0.05) is 37.7 Å². The molecule has 2 amide bonds. The lowest BCUT2D eigenvalue weighted by Crippen LogP contribution is -2.48. The molecule has 0 bridgehead atoms. The van der Waals surface area contributed by atoms with Gasteiger partial charge in [-0.15, -0.1) is 0 Å². The lowest BCUT2D eigenvalue weighted by molar-refractivity contribution is -0.384. The van der Waals surface area contributed by atoms with Crippen molar-refractivity contribution in [3.63, 3.8) is 0 Å². The van der Waals surface area contributed by atoms with Gasteiger partial charge in [0.25, 0.3) is 5.69 Å². The number of benzene rings is 1. The first-order valence-corrected chi connectivity index (χ1v) is 9.42. The van der Waals surface area contributed by atoms with Crippen molar-refractivity contribution in [3.05, 3.63) is 33.9 Å². The molecule has 1 aromatic rings. The van der Waals surface area contributed by atoms with Crippen molar-refractivity contribution in [3.8, 4) is 0 Å². The average Bonchev–Trinajstić information content (AvgIpc) is 3.51. The normalized spacial score (nSPS) is 22.7. The van der Waals surface area contributed by atoms with Crippen LogP contribution in [0.5, 0.6) is 0 Å². The second-order valence-corrected chi connectivity index (χ2v) is 7.56. The molecule has 1 saturated carbocycles. The molecule has 7 nitrogen and oxygen atoms in total. The molecule has 0 aromatic heterocycles. The number of rotatable bonds is 3. The number of piperidine rings is 1. The van der Waals surface area contributed by atoms with Crippen LogP contribution >= 0.6 is 0 Å². The van der Waals surface area contributed by atoms with Crippen molar-refractivity contribution in [1.82, 2.24) is 4.90 Å². The molecular formula is C19H23N3O4. The summed E-state index contributed by atoms with van der Waals surface area (Å²) >= 11 is 0. The van der Waals surface area contributed by atoms with Gasteiger partial charge in [-0.2, -0.15) is 0 Å². The number of likely N-dealkylation sites (tertiary alicyclic amines) is 1. The van der Waals surface area contributed by atoms with Gasteiger partial charge >= 0.3 is 0 Å². The minimum Gasteiger partial charge on any atom is -0.342 e. The predicted molar refractivity (Wildman–Crippen MR) is 95.8 cm³/mol. The summed E-state index contributed by atoms with van der Waals surface area (Å²) in [5.74, 6) is 0.149. The van der Waals surface area contributed by atoms with E-state index in [1.54, 1.807) is 11.0 Å². The Morgan fingerprint density at radius 2 is 1.85 bits per heavy atom. The zero-order valence-corrected chi connectivity index (χ0v) is 14.7. The van der Waals surface area contributed by atoms with Crippen LogP contribution in [0.15, 0.2) is 18.2 Å². The van der Waals surface area contributed by atoms with E-state index in [1.165, 1.54) is 12.1 Å². The number of aryl methyl sites for hydroxylation is 1. The molecule has 0 radical (unpaired) electrons. The van der Waals surface area contributed by atoms with E-state index in [1.807, 2.05) is 4.90 Å². The van der Waals surface area contributed by atoms with Crippen LogP contribution in [0.3, 0.4) is 0 Å².